The Hall–Kier alpha value is -2.17. The van der Waals surface area contributed by atoms with E-state index in [1.165, 1.54) is 5.56 Å². The van der Waals surface area contributed by atoms with Gasteiger partial charge in [-0.3, -0.25) is 9.69 Å². The zero-order valence-corrected chi connectivity index (χ0v) is 17.5. The highest BCUT2D eigenvalue weighted by molar-refractivity contribution is 5.75. The number of nitrogens with zero attached hydrogens (tertiary/aromatic N) is 1. The minimum atomic E-state index is -0.568. The summed E-state index contributed by atoms with van der Waals surface area (Å²) >= 11 is 0. The van der Waals surface area contributed by atoms with Gasteiger partial charge in [-0.2, -0.15) is 0 Å². The first-order valence-corrected chi connectivity index (χ1v) is 10.6. The number of carbonyl (C=O) groups excluding carboxylic acids is 1. The van der Waals surface area contributed by atoms with Crippen LogP contribution in [0, 0.1) is 5.92 Å². The van der Waals surface area contributed by atoms with E-state index in [4.69, 9.17) is 4.74 Å². The van der Waals surface area contributed by atoms with Gasteiger partial charge >= 0.3 is 5.97 Å². The number of carbonyl (C=O) groups is 1. The predicted octanol–water partition coefficient (Wildman–Crippen LogP) is 4.27. The largest absolute Gasteiger partial charge is 0.460 e. The van der Waals surface area contributed by atoms with Crippen LogP contribution < -0.4 is 0 Å². The summed E-state index contributed by atoms with van der Waals surface area (Å²) < 4.78 is 5.80. The van der Waals surface area contributed by atoms with Gasteiger partial charge in [0.15, 0.2) is 0 Å². The van der Waals surface area contributed by atoms with Crippen molar-refractivity contribution in [3.05, 3.63) is 71.8 Å². The summed E-state index contributed by atoms with van der Waals surface area (Å²) in [6.45, 7) is 6.44. The summed E-state index contributed by atoms with van der Waals surface area (Å²) in [5, 5.41) is 11.3. The molecule has 0 aromatic heterocycles. The van der Waals surface area contributed by atoms with Gasteiger partial charge in [-0.25, -0.2) is 0 Å². The fraction of sp³-hybridized carbons (Fsp3) is 0.480. The van der Waals surface area contributed by atoms with Crippen LogP contribution in [0.3, 0.4) is 0 Å². The van der Waals surface area contributed by atoms with Gasteiger partial charge in [0.05, 0.1) is 17.6 Å². The number of hydrogen-bond acceptors (Lipinski definition) is 4. The molecular formula is C25H31NO3. The molecule has 0 aliphatic carbocycles. The molecule has 3 unspecified atom stereocenters. The lowest BCUT2D eigenvalue weighted by molar-refractivity contribution is -0.161. The molecule has 2 saturated heterocycles. The Bertz CT molecular complexity index is 845. The van der Waals surface area contributed by atoms with Crippen molar-refractivity contribution in [2.24, 2.45) is 5.92 Å². The molecule has 4 atom stereocenters. The van der Waals surface area contributed by atoms with Crippen LogP contribution in [0.4, 0.5) is 0 Å². The lowest BCUT2D eigenvalue weighted by atomic mass is 9.78. The molecule has 2 aromatic carbocycles. The molecule has 4 heteroatoms. The quantitative estimate of drug-likeness (QED) is 0.788. The maximum absolute atomic E-state index is 13.2. The van der Waals surface area contributed by atoms with E-state index in [0.717, 1.165) is 12.0 Å². The van der Waals surface area contributed by atoms with Gasteiger partial charge in [0, 0.05) is 12.6 Å². The van der Waals surface area contributed by atoms with Gasteiger partial charge in [-0.1, -0.05) is 60.7 Å². The number of fused-ring (bicyclic) bond motifs is 2. The number of benzene rings is 2. The third-order valence-corrected chi connectivity index (χ3v) is 6.37. The molecule has 0 saturated carbocycles. The molecular weight excluding hydrogens is 362 g/mol. The molecule has 0 amide bonds. The van der Waals surface area contributed by atoms with Gasteiger partial charge in [0.1, 0.15) is 5.60 Å². The first kappa shape index (κ1) is 20.1. The lowest BCUT2D eigenvalue weighted by Crippen LogP contribution is -2.55. The van der Waals surface area contributed by atoms with Crippen LogP contribution in [0.1, 0.15) is 51.2 Å². The van der Waals surface area contributed by atoms with Crippen LogP contribution in [0.5, 0.6) is 0 Å². The van der Waals surface area contributed by atoms with Crippen LogP contribution in [-0.4, -0.2) is 33.7 Å². The van der Waals surface area contributed by atoms with E-state index >= 15 is 0 Å². The summed E-state index contributed by atoms with van der Waals surface area (Å²) in [7, 11) is 0. The van der Waals surface area contributed by atoms with E-state index in [2.05, 4.69) is 29.2 Å². The van der Waals surface area contributed by atoms with Crippen molar-refractivity contribution < 1.29 is 14.6 Å². The molecule has 0 radical (unpaired) electrons. The van der Waals surface area contributed by atoms with Crippen LogP contribution >= 0.6 is 0 Å². The van der Waals surface area contributed by atoms with Gasteiger partial charge in [-0.05, 0) is 51.2 Å². The second-order valence-corrected chi connectivity index (χ2v) is 9.41. The number of esters is 1. The smallest absolute Gasteiger partial charge is 0.311 e. The van der Waals surface area contributed by atoms with Gasteiger partial charge < -0.3 is 9.84 Å². The molecule has 29 heavy (non-hydrogen) atoms. The van der Waals surface area contributed by atoms with Crippen molar-refractivity contribution in [1.82, 2.24) is 4.90 Å². The maximum Gasteiger partial charge on any atom is 0.311 e. The van der Waals surface area contributed by atoms with Crippen molar-refractivity contribution in [2.75, 3.05) is 0 Å². The first-order chi connectivity index (χ1) is 13.8. The Morgan fingerprint density at radius 3 is 2.31 bits per heavy atom. The summed E-state index contributed by atoms with van der Waals surface area (Å²) in [6.07, 6.45) is 1.57. The number of piperidine rings is 1. The number of ether oxygens (including phenoxy) is 1. The minimum Gasteiger partial charge on any atom is -0.460 e. The molecule has 1 N–H and O–H groups in total. The monoisotopic (exact) mass is 393 g/mol. The Kier molecular flexibility index (Phi) is 5.26. The van der Waals surface area contributed by atoms with E-state index in [9.17, 15) is 9.90 Å². The van der Waals surface area contributed by atoms with Gasteiger partial charge in [-0.15, -0.1) is 0 Å². The lowest BCUT2D eigenvalue weighted by Gasteiger charge is -2.48. The normalized spacial score (nSPS) is 29.6. The third-order valence-electron chi connectivity index (χ3n) is 6.37. The zero-order chi connectivity index (χ0) is 20.6. The Morgan fingerprint density at radius 2 is 1.69 bits per heavy atom. The van der Waals surface area contributed by atoms with E-state index in [0.29, 0.717) is 19.4 Å². The minimum absolute atomic E-state index is 0.0636. The molecule has 0 spiro atoms. The van der Waals surface area contributed by atoms with Crippen molar-refractivity contribution in [1.29, 1.82) is 0 Å². The Labute approximate surface area is 173 Å². The molecule has 154 valence electrons. The van der Waals surface area contributed by atoms with Gasteiger partial charge in [0.25, 0.3) is 0 Å². The van der Waals surface area contributed by atoms with Crippen molar-refractivity contribution in [3.63, 3.8) is 0 Å². The predicted molar refractivity (Wildman–Crippen MR) is 113 cm³/mol. The molecule has 4 rings (SSSR count). The maximum atomic E-state index is 13.2. The van der Waals surface area contributed by atoms with Crippen molar-refractivity contribution in [2.45, 2.75) is 69.9 Å². The summed E-state index contributed by atoms with van der Waals surface area (Å²) in [5.41, 5.74) is 1.19. The SMILES string of the molecule is CC(C)(C)OC(=O)C1C[C@@]2(c3ccccc3)C(O)CCC1N2Cc1ccccc1. The number of aliphatic hydroxyl groups is 1. The van der Waals surface area contributed by atoms with E-state index in [1.807, 2.05) is 57.2 Å². The van der Waals surface area contributed by atoms with E-state index in [1.54, 1.807) is 0 Å². The highest BCUT2D eigenvalue weighted by atomic mass is 16.6. The molecule has 2 fully saturated rings. The second-order valence-electron chi connectivity index (χ2n) is 9.41. The van der Waals surface area contributed by atoms with Crippen LogP contribution in [0.15, 0.2) is 60.7 Å². The molecule has 2 aromatic rings. The molecule has 2 aliphatic rings. The first-order valence-electron chi connectivity index (χ1n) is 10.6. The molecule has 2 aliphatic heterocycles. The number of aliphatic hydroxyl groups excluding tert-OH is 1. The topological polar surface area (TPSA) is 49.8 Å². The second kappa shape index (κ2) is 7.58. The average molecular weight is 394 g/mol. The molecule has 4 nitrogen and oxygen atoms in total. The highest BCUT2D eigenvalue weighted by Gasteiger charge is 2.61. The van der Waals surface area contributed by atoms with Crippen LogP contribution in [0.2, 0.25) is 0 Å². The van der Waals surface area contributed by atoms with Crippen molar-refractivity contribution >= 4 is 5.97 Å². The van der Waals surface area contributed by atoms with Crippen LogP contribution in [0.25, 0.3) is 0 Å². The van der Waals surface area contributed by atoms with E-state index < -0.39 is 17.2 Å². The zero-order valence-electron chi connectivity index (χ0n) is 17.5. The fourth-order valence-electron chi connectivity index (χ4n) is 5.21. The summed E-state index contributed by atoms with van der Waals surface area (Å²) in [4.78, 5) is 15.5. The van der Waals surface area contributed by atoms with Crippen molar-refractivity contribution in [3.8, 4) is 0 Å². The summed E-state index contributed by atoms with van der Waals surface area (Å²) in [5.74, 6) is -0.386. The Balaban J connectivity index is 1.76. The Morgan fingerprint density at radius 1 is 1.07 bits per heavy atom. The molecule has 2 bridgehead atoms. The van der Waals surface area contributed by atoms with E-state index in [-0.39, 0.29) is 17.9 Å². The average Bonchev–Trinajstić information content (AvgIpc) is 2.92. The highest BCUT2D eigenvalue weighted by Crippen LogP contribution is 2.54. The summed E-state index contributed by atoms with van der Waals surface area (Å²) in [6, 6.07) is 20.6. The third kappa shape index (κ3) is 3.72. The number of rotatable bonds is 4. The van der Waals surface area contributed by atoms with Crippen LogP contribution in [-0.2, 0) is 21.6 Å². The standard InChI is InChI=1S/C25H31NO3/c1-24(2,3)29-23(28)20-16-25(19-12-8-5-9-13-19)22(27)15-14-21(20)26(25)17-18-10-6-4-7-11-18/h4-13,20-22,27H,14-17H2,1-3H3/t20?,21?,22?,25-/m1/s1. The number of hydrogen-bond donors (Lipinski definition) is 1. The fourth-order valence-corrected chi connectivity index (χ4v) is 5.21. The molecule has 2 heterocycles. The van der Waals surface area contributed by atoms with Gasteiger partial charge in [0.2, 0.25) is 0 Å².